The van der Waals surface area contributed by atoms with E-state index in [1.165, 1.54) is 5.56 Å². The molecule has 3 aromatic rings. The van der Waals surface area contributed by atoms with Gasteiger partial charge in [0.25, 0.3) is 12.4 Å². The highest BCUT2D eigenvalue weighted by Gasteiger charge is 2.40. The third-order valence-electron chi connectivity index (χ3n) is 9.18. The Morgan fingerprint density at radius 2 is 1.81 bits per heavy atom. The molecule has 0 unspecified atom stereocenters. The van der Waals surface area contributed by atoms with Gasteiger partial charge in [-0.15, -0.1) is 10.2 Å². The van der Waals surface area contributed by atoms with Crippen molar-refractivity contribution < 1.29 is 33.8 Å². The Hall–Kier alpha value is -4.94. The van der Waals surface area contributed by atoms with Crippen LogP contribution in [0.1, 0.15) is 65.6 Å². The van der Waals surface area contributed by atoms with E-state index < -0.39 is 5.92 Å². The fourth-order valence-electron chi connectivity index (χ4n) is 6.70. The number of carbonyl (C=O) groups is 4. The van der Waals surface area contributed by atoms with E-state index in [1.807, 2.05) is 45.9 Å². The number of ether oxygens (including phenoxy) is 2. The van der Waals surface area contributed by atoms with Crippen LogP contribution in [0.4, 0.5) is 0 Å². The van der Waals surface area contributed by atoms with Gasteiger partial charge in [0.15, 0.2) is 11.5 Å². The summed E-state index contributed by atoms with van der Waals surface area (Å²) in [7, 11) is 1.59. The van der Waals surface area contributed by atoms with Crippen molar-refractivity contribution in [2.24, 2.45) is 5.92 Å². The molecule has 1 aromatic heterocycles. The van der Waals surface area contributed by atoms with E-state index in [4.69, 9.17) is 19.4 Å². The van der Waals surface area contributed by atoms with Crippen molar-refractivity contribution >= 4 is 24.2 Å². The molecule has 0 aliphatic carbocycles. The number of amides is 3. The number of aryl methyl sites for hydroxylation is 2. The lowest BCUT2D eigenvalue weighted by Crippen LogP contribution is -2.40. The van der Waals surface area contributed by atoms with Gasteiger partial charge in [0, 0.05) is 51.5 Å². The zero-order chi connectivity index (χ0) is 33.9. The fraction of sp³-hybridized carbons (Fsp3) is 0.486. The molecule has 4 heterocycles. The van der Waals surface area contributed by atoms with Crippen LogP contribution in [-0.4, -0.2) is 100 Å². The first kappa shape index (κ1) is 34.4. The number of likely N-dealkylation sites (tertiary alicyclic amines) is 1. The van der Waals surface area contributed by atoms with E-state index in [-0.39, 0.29) is 36.7 Å². The second-order valence-corrected chi connectivity index (χ2v) is 12.2. The number of hydrogen-bond acceptors (Lipinski definition) is 8. The molecule has 3 aliphatic heterocycles. The van der Waals surface area contributed by atoms with Crippen molar-refractivity contribution in [3.05, 3.63) is 71.3 Å². The number of hydrogen-bond donors (Lipinski definition) is 2. The van der Waals surface area contributed by atoms with Crippen molar-refractivity contribution in [3.63, 3.8) is 0 Å². The van der Waals surface area contributed by atoms with Gasteiger partial charge in [0.05, 0.1) is 19.6 Å². The van der Waals surface area contributed by atoms with Crippen LogP contribution in [0.25, 0.3) is 0 Å². The van der Waals surface area contributed by atoms with E-state index in [2.05, 4.69) is 27.6 Å². The lowest BCUT2D eigenvalue weighted by molar-refractivity contribution is -0.131. The van der Waals surface area contributed by atoms with Gasteiger partial charge in [-0.1, -0.05) is 36.4 Å². The molecule has 3 aliphatic rings. The minimum atomic E-state index is -0.396. The molecular weight excluding hydrogens is 616 g/mol. The maximum absolute atomic E-state index is 13.6. The molecule has 1 fully saturated rings. The number of aromatic nitrogens is 3. The third-order valence-corrected chi connectivity index (χ3v) is 9.18. The smallest absolute Gasteiger partial charge is 0.291 e. The quantitative estimate of drug-likeness (QED) is 0.380. The highest BCUT2D eigenvalue weighted by molar-refractivity contribution is 5.90. The molecule has 2 N–H and O–H groups in total. The molecule has 0 radical (unpaired) electrons. The normalized spacial score (nSPS) is 19.3. The molecular formula is C35H44N6O7. The van der Waals surface area contributed by atoms with Crippen molar-refractivity contribution in [1.82, 2.24) is 29.9 Å². The van der Waals surface area contributed by atoms with Crippen LogP contribution >= 0.6 is 0 Å². The number of benzene rings is 2. The van der Waals surface area contributed by atoms with Crippen molar-refractivity contribution in [2.45, 2.75) is 57.4 Å². The Balaban J connectivity index is 0.00000145. The molecule has 2 aromatic carbocycles. The summed E-state index contributed by atoms with van der Waals surface area (Å²) in [6, 6.07) is 15.9. The van der Waals surface area contributed by atoms with Crippen LogP contribution in [-0.2, 0) is 33.8 Å². The summed E-state index contributed by atoms with van der Waals surface area (Å²) >= 11 is 0. The predicted octanol–water partition coefficient (Wildman–Crippen LogP) is 2.93. The summed E-state index contributed by atoms with van der Waals surface area (Å²) in [5, 5.41) is 18.5. The van der Waals surface area contributed by atoms with Gasteiger partial charge < -0.3 is 34.3 Å². The summed E-state index contributed by atoms with van der Waals surface area (Å²) in [6.45, 7) is 2.79. The van der Waals surface area contributed by atoms with Crippen molar-refractivity contribution in [1.29, 1.82) is 0 Å². The van der Waals surface area contributed by atoms with Crippen LogP contribution < -0.4 is 14.8 Å². The number of carbonyl (C=O) groups excluding carboxylic acids is 3. The molecule has 2 bridgehead atoms. The zero-order valence-corrected chi connectivity index (χ0v) is 27.4. The van der Waals surface area contributed by atoms with Gasteiger partial charge in [-0.2, -0.15) is 0 Å². The summed E-state index contributed by atoms with van der Waals surface area (Å²) in [5.74, 6) is 1.57. The van der Waals surface area contributed by atoms with Gasteiger partial charge in [0.2, 0.25) is 17.6 Å². The minimum absolute atomic E-state index is 0.0685. The molecule has 0 spiro atoms. The largest absolute Gasteiger partial charge is 0.493 e. The number of carboxylic acid groups (broad SMARTS) is 1. The first-order valence-corrected chi connectivity index (χ1v) is 16.6. The van der Waals surface area contributed by atoms with E-state index in [9.17, 15) is 14.4 Å². The first-order valence-electron chi connectivity index (χ1n) is 16.6. The summed E-state index contributed by atoms with van der Waals surface area (Å²) < 4.78 is 13.7. The second-order valence-electron chi connectivity index (χ2n) is 12.2. The van der Waals surface area contributed by atoms with Crippen molar-refractivity contribution in [3.8, 4) is 11.5 Å². The van der Waals surface area contributed by atoms with E-state index >= 15 is 0 Å². The van der Waals surface area contributed by atoms with Gasteiger partial charge in [-0.05, 0) is 55.4 Å². The summed E-state index contributed by atoms with van der Waals surface area (Å²) in [4.78, 5) is 52.5. The molecule has 2 atom stereocenters. The highest BCUT2D eigenvalue weighted by atomic mass is 16.5. The van der Waals surface area contributed by atoms with E-state index in [0.717, 1.165) is 50.0 Å². The molecule has 13 heteroatoms. The monoisotopic (exact) mass is 660 g/mol. The Bertz CT molecular complexity index is 1560. The Morgan fingerprint density at radius 1 is 1.02 bits per heavy atom. The lowest BCUT2D eigenvalue weighted by Gasteiger charge is -2.25. The fourth-order valence-corrected chi connectivity index (χ4v) is 6.70. The zero-order valence-electron chi connectivity index (χ0n) is 27.4. The number of methoxy groups -OCH3 is 1. The third kappa shape index (κ3) is 8.31. The van der Waals surface area contributed by atoms with E-state index in [0.29, 0.717) is 62.9 Å². The molecule has 13 nitrogen and oxygen atoms in total. The molecule has 256 valence electrons. The average molecular weight is 661 g/mol. The lowest BCUT2D eigenvalue weighted by atomic mass is 9.88. The number of nitrogens with zero attached hydrogens (tertiary/aromatic N) is 5. The van der Waals surface area contributed by atoms with Crippen LogP contribution in [0.3, 0.4) is 0 Å². The maximum atomic E-state index is 13.6. The number of nitrogens with one attached hydrogen (secondary N) is 1. The highest BCUT2D eigenvalue weighted by Crippen LogP contribution is 2.38. The predicted molar refractivity (Wildman–Crippen MR) is 176 cm³/mol. The van der Waals surface area contributed by atoms with Crippen LogP contribution in [0.5, 0.6) is 11.5 Å². The Labute approximate surface area is 280 Å². The van der Waals surface area contributed by atoms with Crippen LogP contribution in [0.2, 0.25) is 0 Å². The van der Waals surface area contributed by atoms with Gasteiger partial charge in [0.1, 0.15) is 12.4 Å². The van der Waals surface area contributed by atoms with Gasteiger partial charge in [-0.3, -0.25) is 19.2 Å². The first-order chi connectivity index (χ1) is 23.4. The number of fused-ring (bicyclic) bond motifs is 5. The molecule has 48 heavy (non-hydrogen) atoms. The second kappa shape index (κ2) is 16.8. The topological polar surface area (TPSA) is 156 Å². The summed E-state index contributed by atoms with van der Waals surface area (Å²) in [6.07, 6.45) is 5.48. The van der Waals surface area contributed by atoms with Crippen LogP contribution in [0.15, 0.2) is 48.5 Å². The van der Waals surface area contributed by atoms with E-state index in [1.54, 1.807) is 12.0 Å². The standard InChI is InChI=1S/C34H42N6O5.CH2O2/c1-44-28-15-14-25-21-29(28)45-20-19-38(34(43)32-37-36-30-12-5-6-18-40(30)32)17-8-16-35-33(42)27-23-39(22-26(25)27)31(41)13-7-11-24-9-3-2-4-10-24;2-1-3/h2-4,9-10,14-15,21,26-27H,5-8,11-13,16-20,22-23H2,1H3,(H,35,42);1H,(H,2,3)/t26-,27+;/m1./s1. The molecule has 6 rings (SSSR count). The van der Waals surface area contributed by atoms with Gasteiger partial charge in [-0.25, -0.2) is 0 Å². The number of rotatable bonds is 6. The molecule has 0 saturated carbocycles. The van der Waals surface area contributed by atoms with Crippen LogP contribution in [0, 0.1) is 5.92 Å². The average Bonchev–Trinajstić information content (AvgIpc) is 3.75. The Morgan fingerprint density at radius 3 is 2.60 bits per heavy atom. The van der Waals surface area contributed by atoms with Crippen molar-refractivity contribution in [2.75, 3.05) is 46.4 Å². The minimum Gasteiger partial charge on any atom is -0.493 e. The van der Waals surface area contributed by atoms with Gasteiger partial charge >= 0.3 is 0 Å². The SMILES string of the molecule is COc1ccc2cc1OCCN(C(=O)c1nnc3n1CCCC3)CCCNC(=O)[C@H]1CN(C(=O)CCCc3ccccc3)C[C@H]21.O=CO. The molecule has 3 amide bonds. The maximum Gasteiger partial charge on any atom is 0.291 e. The Kier molecular flexibility index (Phi) is 12.0. The molecule has 1 saturated heterocycles. The summed E-state index contributed by atoms with van der Waals surface area (Å²) in [5.41, 5.74) is 2.14.